The van der Waals surface area contributed by atoms with Crippen LogP contribution in [0.2, 0.25) is 0 Å². The Morgan fingerprint density at radius 2 is 2.05 bits per heavy atom. The third-order valence-corrected chi connectivity index (χ3v) is 3.88. The molecule has 2 rings (SSSR count). The van der Waals surface area contributed by atoms with Gasteiger partial charge >= 0.3 is 0 Å². The van der Waals surface area contributed by atoms with Gasteiger partial charge in [0, 0.05) is 4.47 Å². The van der Waals surface area contributed by atoms with Crippen LogP contribution in [0.15, 0.2) is 28.7 Å². The van der Waals surface area contributed by atoms with Crippen LogP contribution in [0.25, 0.3) is 0 Å². The van der Waals surface area contributed by atoms with E-state index in [2.05, 4.69) is 26.6 Å². The lowest BCUT2D eigenvalue weighted by atomic mass is 10.0. The van der Waals surface area contributed by atoms with Crippen molar-refractivity contribution in [2.24, 2.45) is 0 Å². The molecule has 2 N–H and O–H groups in total. The van der Waals surface area contributed by atoms with Gasteiger partial charge in [-0.05, 0) is 44.0 Å². The largest absolute Gasteiger partial charge is 0.348 e. The first-order valence-electron chi connectivity index (χ1n) is 6.46. The molecule has 3 nitrogen and oxygen atoms in total. The van der Waals surface area contributed by atoms with Crippen LogP contribution in [-0.4, -0.2) is 18.5 Å². The van der Waals surface area contributed by atoms with Crippen molar-refractivity contribution in [2.45, 2.75) is 38.3 Å². The smallest absolute Gasteiger partial charge is 0.237 e. The number of rotatable bonds is 3. The molecule has 1 fully saturated rings. The summed E-state index contributed by atoms with van der Waals surface area (Å²) in [5.41, 5.74) is 1.13. The van der Waals surface area contributed by atoms with Crippen molar-refractivity contribution >= 4 is 34.2 Å². The number of benzene rings is 1. The van der Waals surface area contributed by atoms with Gasteiger partial charge in [-0.3, -0.25) is 4.79 Å². The molecule has 106 valence electrons. The van der Waals surface area contributed by atoms with Gasteiger partial charge < -0.3 is 10.6 Å². The monoisotopic (exact) mass is 346 g/mol. The Balaban J connectivity index is 0.00000180. The maximum atomic E-state index is 12.1. The Morgan fingerprint density at radius 1 is 1.37 bits per heavy atom. The van der Waals surface area contributed by atoms with Crippen molar-refractivity contribution in [3.63, 3.8) is 0 Å². The molecule has 0 saturated carbocycles. The number of halogens is 2. The van der Waals surface area contributed by atoms with Gasteiger partial charge in [-0.2, -0.15) is 0 Å². The van der Waals surface area contributed by atoms with Crippen LogP contribution in [0.5, 0.6) is 0 Å². The molecule has 1 aromatic rings. The molecule has 1 aliphatic heterocycles. The highest BCUT2D eigenvalue weighted by atomic mass is 79.9. The van der Waals surface area contributed by atoms with Crippen molar-refractivity contribution in [1.29, 1.82) is 0 Å². The molecule has 2 atom stereocenters. The van der Waals surface area contributed by atoms with Crippen LogP contribution in [-0.2, 0) is 4.79 Å². The Hall–Kier alpha value is -0.580. The van der Waals surface area contributed by atoms with E-state index >= 15 is 0 Å². The number of carbonyl (C=O) groups is 1. The van der Waals surface area contributed by atoms with E-state index in [1.54, 1.807) is 0 Å². The van der Waals surface area contributed by atoms with Gasteiger partial charge in [0.2, 0.25) is 5.91 Å². The summed E-state index contributed by atoms with van der Waals surface area (Å²) >= 11 is 3.41. The highest BCUT2D eigenvalue weighted by Gasteiger charge is 2.21. The van der Waals surface area contributed by atoms with E-state index in [0.717, 1.165) is 29.4 Å². The van der Waals surface area contributed by atoms with Crippen molar-refractivity contribution < 1.29 is 4.79 Å². The average molecular weight is 348 g/mol. The summed E-state index contributed by atoms with van der Waals surface area (Å²) in [7, 11) is 0. The van der Waals surface area contributed by atoms with Crippen molar-refractivity contribution in [3.8, 4) is 0 Å². The summed E-state index contributed by atoms with van der Waals surface area (Å²) in [5.74, 6) is 0.116. The number of hydrogen-bond donors (Lipinski definition) is 2. The van der Waals surface area contributed by atoms with Gasteiger partial charge in [-0.25, -0.2) is 0 Å². The second-order valence-corrected chi connectivity index (χ2v) is 5.70. The van der Waals surface area contributed by atoms with Crippen LogP contribution in [0.4, 0.5) is 0 Å². The fourth-order valence-corrected chi connectivity index (χ4v) is 2.49. The van der Waals surface area contributed by atoms with Crippen LogP contribution < -0.4 is 10.6 Å². The minimum absolute atomic E-state index is 0. The first-order chi connectivity index (χ1) is 8.66. The van der Waals surface area contributed by atoms with Crippen LogP contribution in [0.1, 0.15) is 37.8 Å². The maximum Gasteiger partial charge on any atom is 0.237 e. The van der Waals surface area contributed by atoms with E-state index in [1.165, 1.54) is 6.42 Å². The Labute approximate surface area is 129 Å². The van der Waals surface area contributed by atoms with Crippen molar-refractivity contribution in [2.75, 3.05) is 6.54 Å². The van der Waals surface area contributed by atoms with Gasteiger partial charge in [-0.15, -0.1) is 12.4 Å². The van der Waals surface area contributed by atoms with Crippen LogP contribution in [0, 0.1) is 0 Å². The zero-order chi connectivity index (χ0) is 13.0. The molecule has 0 aromatic heterocycles. The zero-order valence-electron chi connectivity index (χ0n) is 11.0. The molecule has 1 aromatic carbocycles. The number of piperidine rings is 1. The second kappa shape index (κ2) is 7.88. The van der Waals surface area contributed by atoms with Gasteiger partial charge in [0.1, 0.15) is 0 Å². The number of carbonyl (C=O) groups excluding carboxylic acids is 1. The summed E-state index contributed by atoms with van der Waals surface area (Å²) in [4.78, 5) is 12.1. The third-order valence-electron chi connectivity index (χ3n) is 3.36. The van der Waals surface area contributed by atoms with E-state index in [4.69, 9.17) is 0 Å². The van der Waals surface area contributed by atoms with E-state index in [9.17, 15) is 4.79 Å². The molecular formula is C14H20BrClN2O. The normalized spacial score (nSPS) is 20.2. The fraction of sp³-hybridized carbons (Fsp3) is 0.500. The second-order valence-electron chi connectivity index (χ2n) is 4.78. The predicted octanol–water partition coefficient (Wildman–Crippen LogP) is 3.19. The Kier molecular flexibility index (Phi) is 6.83. The Morgan fingerprint density at radius 3 is 2.63 bits per heavy atom. The predicted molar refractivity (Wildman–Crippen MR) is 83.6 cm³/mol. The Bertz CT molecular complexity index is 404. The number of amides is 1. The lowest BCUT2D eigenvalue weighted by Crippen LogP contribution is -2.47. The first-order valence-corrected chi connectivity index (χ1v) is 7.25. The number of nitrogens with one attached hydrogen (secondary N) is 2. The molecule has 0 aliphatic carbocycles. The quantitative estimate of drug-likeness (QED) is 0.881. The molecule has 5 heteroatoms. The van der Waals surface area contributed by atoms with Crippen molar-refractivity contribution in [1.82, 2.24) is 10.6 Å². The SMILES string of the molecule is CC(NC(=O)[C@H]1CCCCN1)c1ccc(Br)cc1.Cl. The van der Waals surface area contributed by atoms with E-state index < -0.39 is 0 Å². The highest BCUT2D eigenvalue weighted by Crippen LogP contribution is 2.17. The molecule has 1 amide bonds. The van der Waals surface area contributed by atoms with Crippen LogP contribution >= 0.6 is 28.3 Å². The minimum Gasteiger partial charge on any atom is -0.348 e. The van der Waals surface area contributed by atoms with Gasteiger partial charge in [0.15, 0.2) is 0 Å². The molecule has 0 spiro atoms. The molecule has 1 saturated heterocycles. The molecule has 19 heavy (non-hydrogen) atoms. The number of hydrogen-bond acceptors (Lipinski definition) is 2. The van der Waals surface area contributed by atoms with E-state index in [1.807, 2.05) is 31.2 Å². The third kappa shape index (κ3) is 4.79. The summed E-state index contributed by atoms with van der Waals surface area (Å²) in [6.45, 7) is 2.97. The molecule has 0 radical (unpaired) electrons. The van der Waals surface area contributed by atoms with Gasteiger partial charge in [0.25, 0.3) is 0 Å². The van der Waals surface area contributed by atoms with Crippen molar-refractivity contribution in [3.05, 3.63) is 34.3 Å². The molecule has 0 bridgehead atoms. The lowest BCUT2D eigenvalue weighted by Gasteiger charge is -2.24. The molecule has 1 aliphatic rings. The standard InChI is InChI=1S/C14H19BrN2O.ClH/c1-10(11-5-7-12(15)8-6-11)17-14(18)13-4-2-3-9-16-13;/h5-8,10,13,16H,2-4,9H2,1H3,(H,17,18);1H/t10?,13-;/m1./s1. The van der Waals surface area contributed by atoms with Gasteiger partial charge in [0.05, 0.1) is 12.1 Å². The topological polar surface area (TPSA) is 41.1 Å². The maximum absolute atomic E-state index is 12.1. The zero-order valence-corrected chi connectivity index (χ0v) is 13.4. The first kappa shape index (κ1) is 16.5. The molecule has 1 unspecified atom stereocenters. The van der Waals surface area contributed by atoms with Gasteiger partial charge in [-0.1, -0.05) is 34.5 Å². The summed E-state index contributed by atoms with van der Waals surface area (Å²) in [5, 5.41) is 6.33. The van der Waals surface area contributed by atoms with Crippen LogP contribution in [0.3, 0.4) is 0 Å². The van der Waals surface area contributed by atoms with E-state index in [-0.39, 0.29) is 30.4 Å². The summed E-state index contributed by atoms with van der Waals surface area (Å²) < 4.78 is 1.05. The minimum atomic E-state index is -0.0170. The molecule has 1 heterocycles. The fourth-order valence-electron chi connectivity index (χ4n) is 2.22. The highest BCUT2D eigenvalue weighted by molar-refractivity contribution is 9.10. The average Bonchev–Trinajstić information content (AvgIpc) is 2.40. The molecular weight excluding hydrogens is 328 g/mol. The summed E-state index contributed by atoms with van der Waals surface area (Å²) in [6.07, 6.45) is 3.25. The summed E-state index contributed by atoms with van der Waals surface area (Å²) in [6, 6.07) is 8.09. The van der Waals surface area contributed by atoms with E-state index in [0.29, 0.717) is 0 Å². The lowest BCUT2D eigenvalue weighted by molar-refractivity contribution is -0.124.